The molecule has 0 aliphatic heterocycles. The molecule has 94 valence electrons. The van der Waals surface area contributed by atoms with Crippen molar-refractivity contribution in [2.45, 2.75) is 26.6 Å². The summed E-state index contributed by atoms with van der Waals surface area (Å²) >= 11 is 0. The van der Waals surface area contributed by atoms with Gasteiger partial charge in [-0.3, -0.25) is 5.01 Å². The van der Waals surface area contributed by atoms with Gasteiger partial charge in [0.2, 0.25) is 0 Å². The molecule has 17 heavy (non-hydrogen) atoms. The summed E-state index contributed by atoms with van der Waals surface area (Å²) in [5.41, 5.74) is 1.17. The van der Waals surface area contributed by atoms with Crippen LogP contribution in [0, 0.1) is 0 Å². The Bertz CT molecular complexity index is 349. The zero-order valence-corrected chi connectivity index (χ0v) is 10.9. The van der Waals surface area contributed by atoms with E-state index in [4.69, 9.17) is 9.47 Å². The van der Waals surface area contributed by atoms with E-state index >= 15 is 0 Å². The van der Waals surface area contributed by atoms with Crippen molar-refractivity contribution < 1.29 is 9.47 Å². The fraction of sp³-hybridized carbons (Fsp3) is 0.462. The average molecular weight is 236 g/mol. The lowest BCUT2D eigenvalue weighted by Gasteiger charge is -2.24. The third-order valence-electron chi connectivity index (χ3n) is 2.53. The topological polar surface area (TPSA) is 34.1 Å². The van der Waals surface area contributed by atoms with E-state index in [9.17, 15) is 0 Å². The van der Waals surface area contributed by atoms with Crippen LogP contribution in [0.5, 0.6) is 5.75 Å². The van der Waals surface area contributed by atoms with Crippen LogP contribution in [0.4, 0.5) is 0 Å². The quantitative estimate of drug-likeness (QED) is 0.432. The highest BCUT2D eigenvalue weighted by atomic mass is 16.5. The van der Waals surface area contributed by atoms with Gasteiger partial charge in [0.15, 0.2) is 0 Å². The third-order valence-corrected chi connectivity index (χ3v) is 2.53. The molecule has 0 amide bonds. The molecule has 0 aromatic heterocycles. The Hall–Kier alpha value is -1.55. The van der Waals surface area contributed by atoms with E-state index in [0.717, 1.165) is 5.75 Å². The minimum atomic E-state index is -0.0479. The van der Waals surface area contributed by atoms with Crippen molar-refractivity contribution in [2.24, 2.45) is 5.10 Å². The van der Waals surface area contributed by atoms with Crippen molar-refractivity contribution in [2.75, 3.05) is 14.2 Å². The highest BCUT2D eigenvalue weighted by molar-refractivity contribution is 5.52. The molecule has 1 atom stereocenters. The number of rotatable bonds is 6. The molecule has 0 saturated carbocycles. The molecule has 0 N–H and O–H groups in total. The molecular weight excluding hydrogens is 216 g/mol. The van der Waals surface area contributed by atoms with Crippen LogP contribution in [-0.2, 0) is 11.3 Å². The van der Waals surface area contributed by atoms with E-state index in [0.29, 0.717) is 6.54 Å². The van der Waals surface area contributed by atoms with Gasteiger partial charge in [-0.15, -0.1) is 0 Å². The molecule has 0 heterocycles. The first-order chi connectivity index (χ1) is 8.21. The first kappa shape index (κ1) is 13.5. The summed E-state index contributed by atoms with van der Waals surface area (Å²) in [5.74, 6) is 0.860. The smallest absolute Gasteiger partial charge is 0.142 e. The predicted octanol–water partition coefficient (Wildman–Crippen LogP) is 2.50. The van der Waals surface area contributed by atoms with Gasteiger partial charge in [0.25, 0.3) is 0 Å². The lowest BCUT2D eigenvalue weighted by Crippen LogP contribution is -2.29. The van der Waals surface area contributed by atoms with Crippen molar-refractivity contribution in [3.8, 4) is 5.75 Å². The number of methoxy groups -OCH3 is 2. The zero-order chi connectivity index (χ0) is 12.7. The Morgan fingerprint density at radius 3 is 2.41 bits per heavy atom. The second-order valence-electron chi connectivity index (χ2n) is 3.65. The van der Waals surface area contributed by atoms with Gasteiger partial charge < -0.3 is 9.47 Å². The Morgan fingerprint density at radius 2 is 1.94 bits per heavy atom. The van der Waals surface area contributed by atoms with Gasteiger partial charge in [0.05, 0.1) is 13.7 Å². The number of hydrazone groups is 1. The van der Waals surface area contributed by atoms with Crippen molar-refractivity contribution in [1.29, 1.82) is 0 Å². The van der Waals surface area contributed by atoms with Gasteiger partial charge in [0.1, 0.15) is 12.0 Å². The summed E-state index contributed by atoms with van der Waals surface area (Å²) < 4.78 is 10.4. The molecule has 4 heteroatoms. The van der Waals surface area contributed by atoms with E-state index in [-0.39, 0.29) is 6.23 Å². The summed E-state index contributed by atoms with van der Waals surface area (Å²) in [5, 5.41) is 6.18. The Labute approximate surface area is 103 Å². The van der Waals surface area contributed by atoms with Crippen LogP contribution in [0.3, 0.4) is 0 Å². The fourth-order valence-electron chi connectivity index (χ4n) is 1.45. The molecule has 0 saturated heterocycles. The first-order valence-electron chi connectivity index (χ1n) is 5.62. The van der Waals surface area contributed by atoms with Crippen molar-refractivity contribution >= 4 is 6.21 Å². The SMILES string of the molecule is C/C=N\N(Cc1ccc(OC)cc1)C(C)OC. The molecule has 1 aromatic rings. The maximum atomic E-state index is 5.27. The molecule has 1 rings (SSSR count). The molecule has 0 aliphatic rings. The van der Waals surface area contributed by atoms with Gasteiger partial charge in [-0.25, -0.2) is 0 Å². The van der Waals surface area contributed by atoms with E-state index in [1.807, 2.05) is 43.1 Å². The van der Waals surface area contributed by atoms with Crippen LogP contribution in [0.2, 0.25) is 0 Å². The van der Waals surface area contributed by atoms with Gasteiger partial charge in [-0.2, -0.15) is 5.10 Å². The van der Waals surface area contributed by atoms with E-state index in [1.165, 1.54) is 5.56 Å². The molecule has 4 nitrogen and oxygen atoms in total. The Morgan fingerprint density at radius 1 is 1.29 bits per heavy atom. The molecule has 0 aliphatic carbocycles. The maximum absolute atomic E-state index is 5.27. The van der Waals surface area contributed by atoms with Crippen LogP contribution in [0.1, 0.15) is 19.4 Å². The summed E-state index contributed by atoms with van der Waals surface area (Å²) in [4.78, 5) is 0. The lowest BCUT2D eigenvalue weighted by molar-refractivity contribution is -0.0223. The van der Waals surface area contributed by atoms with Gasteiger partial charge >= 0.3 is 0 Å². The summed E-state index contributed by atoms with van der Waals surface area (Å²) in [7, 11) is 3.34. The highest BCUT2D eigenvalue weighted by Crippen LogP contribution is 2.14. The molecule has 1 aromatic carbocycles. The number of hydrogen-bond donors (Lipinski definition) is 0. The number of nitrogens with zero attached hydrogens (tertiary/aromatic N) is 2. The second-order valence-corrected chi connectivity index (χ2v) is 3.65. The molecule has 0 bridgehead atoms. The molecule has 0 radical (unpaired) electrons. The Kier molecular flexibility index (Phi) is 5.49. The van der Waals surface area contributed by atoms with Crippen molar-refractivity contribution in [3.05, 3.63) is 29.8 Å². The van der Waals surface area contributed by atoms with Gasteiger partial charge in [-0.05, 0) is 31.5 Å². The van der Waals surface area contributed by atoms with E-state index in [1.54, 1.807) is 20.4 Å². The van der Waals surface area contributed by atoms with Crippen LogP contribution in [0.25, 0.3) is 0 Å². The summed E-state index contributed by atoms with van der Waals surface area (Å²) in [6.45, 7) is 4.57. The number of hydrogen-bond acceptors (Lipinski definition) is 4. The number of benzene rings is 1. The molecular formula is C13H20N2O2. The molecule has 0 spiro atoms. The maximum Gasteiger partial charge on any atom is 0.142 e. The highest BCUT2D eigenvalue weighted by Gasteiger charge is 2.10. The van der Waals surface area contributed by atoms with Gasteiger partial charge in [-0.1, -0.05) is 12.1 Å². The fourth-order valence-corrected chi connectivity index (χ4v) is 1.45. The summed E-state index contributed by atoms with van der Waals surface area (Å²) in [6.07, 6.45) is 1.72. The van der Waals surface area contributed by atoms with E-state index in [2.05, 4.69) is 5.10 Å². The lowest BCUT2D eigenvalue weighted by atomic mass is 10.2. The Balaban J connectivity index is 2.71. The molecule has 0 fully saturated rings. The van der Waals surface area contributed by atoms with E-state index < -0.39 is 0 Å². The second kappa shape index (κ2) is 6.91. The first-order valence-corrected chi connectivity index (χ1v) is 5.62. The van der Waals surface area contributed by atoms with Crippen LogP contribution >= 0.6 is 0 Å². The third kappa shape index (κ3) is 4.07. The minimum absolute atomic E-state index is 0.0479. The van der Waals surface area contributed by atoms with Gasteiger partial charge in [0, 0.05) is 13.3 Å². The van der Waals surface area contributed by atoms with Crippen LogP contribution < -0.4 is 4.74 Å². The van der Waals surface area contributed by atoms with Crippen LogP contribution in [0.15, 0.2) is 29.4 Å². The summed E-state index contributed by atoms with van der Waals surface area (Å²) in [6, 6.07) is 7.94. The standard InChI is InChI=1S/C13H20N2O2/c1-5-14-15(11(2)16-3)10-12-6-8-13(17-4)9-7-12/h5-9,11H,10H2,1-4H3/b14-5-. The zero-order valence-electron chi connectivity index (χ0n) is 10.9. The monoisotopic (exact) mass is 236 g/mol. The predicted molar refractivity (Wildman–Crippen MR) is 69.2 cm³/mol. The molecule has 1 unspecified atom stereocenters. The largest absolute Gasteiger partial charge is 0.497 e. The minimum Gasteiger partial charge on any atom is -0.497 e. The average Bonchev–Trinajstić information content (AvgIpc) is 2.38. The normalized spacial score (nSPS) is 12.7. The van der Waals surface area contributed by atoms with Crippen LogP contribution in [-0.4, -0.2) is 31.7 Å². The van der Waals surface area contributed by atoms with Crippen molar-refractivity contribution in [1.82, 2.24) is 5.01 Å². The van der Waals surface area contributed by atoms with Crippen molar-refractivity contribution in [3.63, 3.8) is 0 Å². The number of ether oxygens (including phenoxy) is 2.